The standard InChI is InChI=1S/C34H44N6O9S2/c1-5-22-18-34(22,31(43)38-50(45,46)24-15-16-24)37-29(41)25-19-39(51(47,48)26-14-8-10-21-11-9-17-35-27(21)26)20-40(25)30(42)28(33(2,3)4)36-32(44)49-23-12-6-7-13-23/h5,8-11,14,17,22-25,28H,1,6-7,12-13,15-16,18-20H2,2-4H3,(H,36,44)(H,37,41)(H,38,43)/t22-,25+,28-,34-/m1/s1. The van der Waals surface area contributed by atoms with Crippen LogP contribution in [0.3, 0.4) is 0 Å². The van der Waals surface area contributed by atoms with Gasteiger partial charge in [0.15, 0.2) is 0 Å². The van der Waals surface area contributed by atoms with Crippen LogP contribution in [0.1, 0.15) is 65.7 Å². The number of nitrogens with zero attached hydrogens (tertiary/aromatic N) is 3. The molecule has 4 amide bonds. The second-order valence-corrected chi connectivity index (χ2v) is 18.7. The molecular weight excluding hydrogens is 701 g/mol. The maximum absolute atomic E-state index is 14.5. The number of benzene rings is 1. The summed E-state index contributed by atoms with van der Waals surface area (Å²) in [5, 5.41) is 5.19. The Balaban J connectivity index is 1.32. The summed E-state index contributed by atoms with van der Waals surface area (Å²) < 4.78 is 62.4. The van der Waals surface area contributed by atoms with Crippen molar-refractivity contribution in [1.82, 2.24) is 29.5 Å². The average molecular weight is 745 g/mol. The van der Waals surface area contributed by atoms with E-state index in [-0.39, 0.29) is 22.9 Å². The third-order valence-electron chi connectivity index (χ3n) is 10.1. The Morgan fingerprint density at radius 2 is 1.73 bits per heavy atom. The Morgan fingerprint density at radius 1 is 1.04 bits per heavy atom. The predicted molar refractivity (Wildman–Crippen MR) is 186 cm³/mol. The lowest BCUT2D eigenvalue weighted by Crippen LogP contribution is -2.60. The van der Waals surface area contributed by atoms with Gasteiger partial charge in [-0.3, -0.25) is 24.1 Å². The number of nitrogens with one attached hydrogen (secondary N) is 3. The van der Waals surface area contributed by atoms with E-state index in [0.717, 1.165) is 22.0 Å². The van der Waals surface area contributed by atoms with E-state index in [9.17, 15) is 36.0 Å². The number of carbonyl (C=O) groups is 4. The molecule has 276 valence electrons. The molecule has 6 rings (SSSR count). The maximum Gasteiger partial charge on any atom is 0.408 e. The van der Waals surface area contributed by atoms with Crippen LogP contribution in [0.25, 0.3) is 10.9 Å². The van der Waals surface area contributed by atoms with Gasteiger partial charge in [0.05, 0.1) is 17.4 Å². The number of hydrogen-bond donors (Lipinski definition) is 3. The third-order valence-corrected chi connectivity index (χ3v) is 13.7. The molecule has 0 radical (unpaired) electrons. The maximum atomic E-state index is 14.5. The fourth-order valence-corrected chi connectivity index (χ4v) is 9.73. The predicted octanol–water partition coefficient (Wildman–Crippen LogP) is 2.15. The van der Waals surface area contributed by atoms with E-state index in [1.807, 2.05) is 0 Å². The fourth-order valence-electron chi connectivity index (χ4n) is 6.81. The van der Waals surface area contributed by atoms with Gasteiger partial charge in [0.1, 0.15) is 28.6 Å². The quantitative estimate of drug-likeness (QED) is 0.286. The van der Waals surface area contributed by atoms with Gasteiger partial charge in [-0.1, -0.05) is 45.0 Å². The van der Waals surface area contributed by atoms with Crippen LogP contribution in [0.5, 0.6) is 0 Å². The molecule has 1 aromatic carbocycles. The van der Waals surface area contributed by atoms with Crippen LogP contribution in [0.2, 0.25) is 0 Å². The van der Waals surface area contributed by atoms with Crippen molar-refractivity contribution in [2.24, 2.45) is 11.3 Å². The molecule has 1 aliphatic heterocycles. The molecular formula is C34H44N6O9S2. The van der Waals surface area contributed by atoms with Crippen molar-refractivity contribution in [1.29, 1.82) is 0 Å². The first-order chi connectivity index (χ1) is 24.0. The summed E-state index contributed by atoms with van der Waals surface area (Å²) in [6.45, 7) is 7.80. The topological polar surface area (TPSA) is 201 Å². The first-order valence-electron chi connectivity index (χ1n) is 17.1. The highest BCUT2D eigenvalue weighted by Gasteiger charge is 2.62. The first kappa shape index (κ1) is 36.7. The Morgan fingerprint density at radius 3 is 2.35 bits per heavy atom. The van der Waals surface area contributed by atoms with Gasteiger partial charge in [-0.2, -0.15) is 4.31 Å². The lowest BCUT2D eigenvalue weighted by molar-refractivity contribution is -0.142. The van der Waals surface area contributed by atoms with Crippen molar-refractivity contribution in [2.45, 2.75) is 99.6 Å². The van der Waals surface area contributed by atoms with E-state index in [1.54, 1.807) is 45.0 Å². The monoisotopic (exact) mass is 744 g/mol. The second-order valence-electron chi connectivity index (χ2n) is 14.9. The van der Waals surface area contributed by atoms with E-state index in [2.05, 4.69) is 26.9 Å². The van der Waals surface area contributed by atoms with Crippen molar-refractivity contribution in [2.75, 3.05) is 13.2 Å². The zero-order valence-electron chi connectivity index (χ0n) is 28.8. The molecule has 3 aliphatic carbocycles. The van der Waals surface area contributed by atoms with Crippen molar-refractivity contribution >= 4 is 54.8 Å². The molecule has 51 heavy (non-hydrogen) atoms. The van der Waals surface area contributed by atoms with Crippen molar-refractivity contribution in [3.63, 3.8) is 0 Å². The number of alkyl carbamates (subject to hydrolysis) is 1. The van der Waals surface area contributed by atoms with E-state index in [0.29, 0.717) is 31.1 Å². The van der Waals surface area contributed by atoms with Gasteiger partial charge in [-0.05, 0) is 62.5 Å². The number of carbonyl (C=O) groups excluding carboxylic acids is 4. The molecule has 3 saturated carbocycles. The van der Waals surface area contributed by atoms with Crippen LogP contribution in [0.15, 0.2) is 54.1 Å². The van der Waals surface area contributed by atoms with Crippen LogP contribution in [0.4, 0.5) is 4.79 Å². The molecule has 4 fully saturated rings. The van der Waals surface area contributed by atoms with Crippen LogP contribution in [-0.4, -0.2) is 97.0 Å². The molecule has 4 aliphatic rings. The summed E-state index contributed by atoms with van der Waals surface area (Å²) in [4.78, 5) is 60.4. The van der Waals surface area contributed by atoms with Gasteiger partial charge in [-0.25, -0.2) is 21.6 Å². The highest BCUT2D eigenvalue weighted by molar-refractivity contribution is 7.91. The van der Waals surface area contributed by atoms with Crippen molar-refractivity contribution in [3.8, 4) is 0 Å². The van der Waals surface area contributed by atoms with Gasteiger partial charge in [-0.15, -0.1) is 6.58 Å². The molecule has 2 heterocycles. The van der Waals surface area contributed by atoms with Gasteiger partial charge in [0, 0.05) is 24.0 Å². The molecule has 0 spiro atoms. The SMILES string of the molecule is C=C[C@@H]1C[C@]1(NC(=O)[C@@H]1CN(S(=O)(=O)c2cccc3cccnc23)CN1C(=O)[C@@H](NC(=O)OC1CCCC1)C(C)(C)C)C(=O)NS(=O)(=O)C1CC1. The first-order valence-corrected chi connectivity index (χ1v) is 20.1. The minimum Gasteiger partial charge on any atom is -0.446 e. The van der Waals surface area contributed by atoms with Crippen LogP contribution in [0, 0.1) is 11.3 Å². The lowest BCUT2D eigenvalue weighted by atomic mass is 9.85. The minimum atomic E-state index is -4.37. The van der Waals surface area contributed by atoms with Crippen LogP contribution < -0.4 is 15.4 Å². The fraction of sp³-hybridized carbons (Fsp3) is 0.559. The van der Waals surface area contributed by atoms with E-state index < -0.39 is 91.3 Å². The summed E-state index contributed by atoms with van der Waals surface area (Å²) in [6, 6.07) is 5.33. The number of ether oxygens (including phenoxy) is 1. The highest BCUT2D eigenvalue weighted by atomic mass is 32.2. The minimum absolute atomic E-state index is 0.0534. The average Bonchev–Trinajstić information content (AvgIpc) is 3.95. The molecule has 0 bridgehead atoms. The van der Waals surface area contributed by atoms with Gasteiger partial charge in [0.2, 0.25) is 31.9 Å². The summed E-state index contributed by atoms with van der Waals surface area (Å²) in [5.74, 6) is -3.16. The van der Waals surface area contributed by atoms with Crippen molar-refractivity contribution in [3.05, 3.63) is 49.2 Å². The summed E-state index contributed by atoms with van der Waals surface area (Å²) in [7, 11) is -8.33. The number of para-hydroxylation sites is 1. The summed E-state index contributed by atoms with van der Waals surface area (Å²) in [5.41, 5.74) is -2.39. The lowest BCUT2D eigenvalue weighted by Gasteiger charge is -2.35. The number of pyridine rings is 1. The highest BCUT2D eigenvalue weighted by Crippen LogP contribution is 2.45. The van der Waals surface area contributed by atoms with E-state index in [4.69, 9.17) is 4.74 Å². The number of hydrogen-bond acceptors (Lipinski definition) is 10. The molecule has 0 unspecified atom stereocenters. The van der Waals surface area contributed by atoms with Gasteiger partial charge >= 0.3 is 6.09 Å². The summed E-state index contributed by atoms with van der Waals surface area (Å²) in [6.07, 6.45) is 5.92. The zero-order chi connectivity index (χ0) is 36.9. The number of aromatic nitrogens is 1. The summed E-state index contributed by atoms with van der Waals surface area (Å²) >= 11 is 0. The molecule has 1 aromatic heterocycles. The number of sulfonamides is 2. The molecule has 2 aromatic rings. The Kier molecular flexibility index (Phi) is 9.69. The van der Waals surface area contributed by atoms with E-state index >= 15 is 0 Å². The molecule has 3 N–H and O–H groups in total. The third kappa shape index (κ3) is 7.33. The zero-order valence-corrected chi connectivity index (χ0v) is 30.5. The Hall–Kier alpha value is -4.09. The largest absolute Gasteiger partial charge is 0.446 e. The van der Waals surface area contributed by atoms with E-state index in [1.165, 1.54) is 18.3 Å². The molecule has 17 heteroatoms. The van der Waals surface area contributed by atoms with Gasteiger partial charge in [0.25, 0.3) is 5.91 Å². The molecule has 15 nitrogen and oxygen atoms in total. The molecule has 1 saturated heterocycles. The Labute approximate surface area is 297 Å². The van der Waals surface area contributed by atoms with Crippen LogP contribution in [-0.2, 0) is 39.2 Å². The number of rotatable bonds is 11. The Bertz CT molecular complexity index is 1970. The van der Waals surface area contributed by atoms with Crippen LogP contribution >= 0.6 is 0 Å². The number of fused-ring (bicyclic) bond motifs is 1. The molecule has 4 atom stereocenters. The van der Waals surface area contributed by atoms with Crippen molar-refractivity contribution < 1.29 is 40.8 Å². The van der Waals surface area contributed by atoms with Gasteiger partial charge < -0.3 is 20.3 Å². The smallest absolute Gasteiger partial charge is 0.408 e. The second kappa shape index (κ2) is 13.5. The number of amides is 4. The normalized spacial score (nSPS) is 24.9.